The van der Waals surface area contributed by atoms with E-state index in [1.807, 2.05) is 0 Å². The predicted octanol–water partition coefficient (Wildman–Crippen LogP) is 0.0989. The Bertz CT molecular complexity index is 285. The van der Waals surface area contributed by atoms with Gasteiger partial charge in [-0.15, -0.1) is 12.3 Å². The molecule has 0 radical (unpaired) electrons. The van der Waals surface area contributed by atoms with Gasteiger partial charge in [-0.05, 0) is 12.8 Å². The van der Waals surface area contributed by atoms with Crippen LogP contribution in [0.3, 0.4) is 0 Å². The van der Waals surface area contributed by atoms with E-state index in [9.17, 15) is 9.90 Å². The minimum atomic E-state index is -0.649. The smallest absolute Gasteiger partial charge is 0.240 e. The number of aliphatic hydroxyl groups is 1. The average Bonchev–Trinajstić information content (AvgIpc) is 2.28. The van der Waals surface area contributed by atoms with Crippen LogP contribution < -0.4 is 5.73 Å². The van der Waals surface area contributed by atoms with Crippen molar-refractivity contribution in [2.75, 3.05) is 7.05 Å². The molecule has 0 aliphatic heterocycles. The first-order valence-corrected chi connectivity index (χ1v) is 5.71. The first kappa shape index (κ1) is 13.0. The first-order valence-electron chi connectivity index (χ1n) is 5.71. The highest BCUT2D eigenvalue weighted by Crippen LogP contribution is 2.22. The second kappa shape index (κ2) is 5.88. The summed E-state index contributed by atoms with van der Waals surface area (Å²) in [6.07, 6.45) is 8.60. The van der Waals surface area contributed by atoms with Crippen LogP contribution in [0.15, 0.2) is 0 Å². The molecule has 0 heterocycles. The lowest BCUT2D eigenvalue weighted by atomic mass is 9.91. The molecule has 0 saturated heterocycles. The van der Waals surface area contributed by atoms with Crippen LogP contribution in [0.5, 0.6) is 0 Å². The minimum Gasteiger partial charge on any atom is -0.391 e. The molecule has 16 heavy (non-hydrogen) atoms. The third-order valence-corrected chi connectivity index (χ3v) is 3.19. The molecule has 1 aliphatic rings. The molecule has 0 aromatic heterocycles. The molecule has 3 unspecified atom stereocenters. The van der Waals surface area contributed by atoms with Crippen LogP contribution >= 0.6 is 0 Å². The zero-order valence-corrected chi connectivity index (χ0v) is 9.72. The Kier molecular flexibility index (Phi) is 4.78. The van der Waals surface area contributed by atoms with E-state index in [1.54, 1.807) is 11.9 Å². The highest BCUT2D eigenvalue weighted by molar-refractivity contribution is 5.82. The number of likely N-dealkylation sites (N-methyl/N-ethyl adjacent to an activating group) is 1. The lowest BCUT2D eigenvalue weighted by molar-refractivity contribution is -0.136. The quantitative estimate of drug-likeness (QED) is 0.668. The van der Waals surface area contributed by atoms with Gasteiger partial charge in [-0.2, -0.15) is 0 Å². The van der Waals surface area contributed by atoms with Crippen LogP contribution in [0.1, 0.15) is 32.1 Å². The van der Waals surface area contributed by atoms with Crippen LogP contribution in [0.2, 0.25) is 0 Å². The lowest BCUT2D eigenvalue weighted by Crippen LogP contribution is -2.51. The molecule has 4 nitrogen and oxygen atoms in total. The molecular weight excluding hydrogens is 204 g/mol. The molecule has 90 valence electrons. The number of terminal acetylenes is 1. The second-order valence-corrected chi connectivity index (χ2v) is 4.38. The number of carbonyl (C=O) groups is 1. The van der Waals surface area contributed by atoms with Gasteiger partial charge in [0.05, 0.1) is 18.2 Å². The molecule has 1 rings (SSSR count). The first-order chi connectivity index (χ1) is 7.57. The summed E-state index contributed by atoms with van der Waals surface area (Å²) in [4.78, 5) is 13.4. The molecule has 0 bridgehead atoms. The van der Waals surface area contributed by atoms with Crippen LogP contribution in [-0.2, 0) is 4.79 Å². The van der Waals surface area contributed by atoms with E-state index in [0.29, 0.717) is 0 Å². The fourth-order valence-electron chi connectivity index (χ4n) is 2.18. The summed E-state index contributed by atoms with van der Waals surface area (Å²) in [6, 6.07) is -0.755. The van der Waals surface area contributed by atoms with Crippen molar-refractivity contribution >= 4 is 5.91 Å². The van der Waals surface area contributed by atoms with Crippen molar-refractivity contribution < 1.29 is 9.90 Å². The number of rotatable bonds is 3. The van der Waals surface area contributed by atoms with E-state index in [-0.39, 0.29) is 18.4 Å². The van der Waals surface area contributed by atoms with E-state index >= 15 is 0 Å². The van der Waals surface area contributed by atoms with Gasteiger partial charge in [0.25, 0.3) is 0 Å². The van der Waals surface area contributed by atoms with Crippen LogP contribution in [0.25, 0.3) is 0 Å². The van der Waals surface area contributed by atoms with Crippen molar-refractivity contribution in [3.05, 3.63) is 0 Å². The molecule has 0 aromatic carbocycles. The summed E-state index contributed by atoms with van der Waals surface area (Å²) in [5.74, 6) is 2.21. The normalized spacial score (nSPS) is 26.9. The number of nitrogens with two attached hydrogens (primary N) is 1. The van der Waals surface area contributed by atoms with E-state index in [4.69, 9.17) is 12.2 Å². The summed E-state index contributed by atoms with van der Waals surface area (Å²) in [7, 11) is 1.69. The zero-order valence-electron chi connectivity index (χ0n) is 9.72. The molecule has 1 aliphatic carbocycles. The van der Waals surface area contributed by atoms with Gasteiger partial charge < -0.3 is 15.7 Å². The molecule has 0 aromatic rings. The molecule has 4 heteroatoms. The van der Waals surface area contributed by atoms with E-state index in [1.165, 1.54) is 0 Å². The molecule has 0 spiro atoms. The standard InChI is InChI=1S/C12H20N2O2/c1-3-6-9(13)12(16)14(2)10-7-4-5-8-11(10)15/h1,9-11,15H,4-8,13H2,2H3. The highest BCUT2D eigenvalue weighted by atomic mass is 16.3. The zero-order chi connectivity index (χ0) is 12.1. The predicted molar refractivity (Wildman–Crippen MR) is 62.5 cm³/mol. The third-order valence-electron chi connectivity index (χ3n) is 3.19. The van der Waals surface area contributed by atoms with Crippen molar-refractivity contribution in [3.63, 3.8) is 0 Å². The van der Waals surface area contributed by atoms with Gasteiger partial charge in [0.2, 0.25) is 5.91 Å². The van der Waals surface area contributed by atoms with Gasteiger partial charge in [-0.3, -0.25) is 4.79 Å². The van der Waals surface area contributed by atoms with Gasteiger partial charge in [0.1, 0.15) is 0 Å². The largest absolute Gasteiger partial charge is 0.391 e. The van der Waals surface area contributed by atoms with Gasteiger partial charge in [-0.1, -0.05) is 12.8 Å². The highest BCUT2D eigenvalue weighted by Gasteiger charge is 2.31. The Morgan fingerprint density at radius 1 is 1.62 bits per heavy atom. The number of carbonyl (C=O) groups excluding carboxylic acids is 1. The van der Waals surface area contributed by atoms with Crippen LogP contribution in [0.4, 0.5) is 0 Å². The molecule has 3 atom stereocenters. The summed E-state index contributed by atoms with van der Waals surface area (Å²) >= 11 is 0. The molecule has 1 amide bonds. The van der Waals surface area contributed by atoms with Crippen molar-refractivity contribution in [3.8, 4) is 12.3 Å². The Balaban J connectivity index is 2.58. The van der Waals surface area contributed by atoms with Crippen molar-refractivity contribution in [1.82, 2.24) is 4.90 Å². The maximum Gasteiger partial charge on any atom is 0.240 e. The fourth-order valence-corrected chi connectivity index (χ4v) is 2.18. The van der Waals surface area contributed by atoms with Gasteiger partial charge in [0.15, 0.2) is 0 Å². The fraction of sp³-hybridized carbons (Fsp3) is 0.750. The Hall–Kier alpha value is -1.05. The Morgan fingerprint density at radius 2 is 2.25 bits per heavy atom. The van der Waals surface area contributed by atoms with Crippen molar-refractivity contribution in [2.45, 2.75) is 50.3 Å². The molecular formula is C12H20N2O2. The lowest BCUT2D eigenvalue weighted by Gasteiger charge is -2.36. The van der Waals surface area contributed by atoms with E-state index < -0.39 is 12.1 Å². The molecule has 1 fully saturated rings. The maximum atomic E-state index is 11.9. The van der Waals surface area contributed by atoms with E-state index in [2.05, 4.69) is 5.92 Å². The number of hydrogen-bond donors (Lipinski definition) is 2. The van der Waals surface area contributed by atoms with Crippen LogP contribution in [-0.4, -0.2) is 41.1 Å². The number of hydrogen-bond acceptors (Lipinski definition) is 3. The molecule has 3 N–H and O–H groups in total. The number of aliphatic hydroxyl groups excluding tert-OH is 1. The van der Waals surface area contributed by atoms with Gasteiger partial charge in [0, 0.05) is 13.5 Å². The number of amides is 1. The topological polar surface area (TPSA) is 66.6 Å². The summed E-state index contributed by atoms with van der Waals surface area (Å²) in [6.45, 7) is 0. The van der Waals surface area contributed by atoms with Crippen molar-refractivity contribution in [2.24, 2.45) is 5.73 Å². The Labute approximate surface area is 96.8 Å². The minimum absolute atomic E-state index is 0.106. The number of nitrogens with zero attached hydrogens (tertiary/aromatic N) is 1. The van der Waals surface area contributed by atoms with Crippen LogP contribution in [0, 0.1) is 12.3 Å². The monoisotopic (exact) mass is 224 g/mol. The summed E-state index contributed by atoms with van der Waals surface area (Å²) in [5, 5.41) is 9.82. The average molecular weight is 224 g/mol. The van der Waals surface area contributed by atoms with Gasteiger partial charge >= 0.3 is 0 Å². The van der Waals surface area contributed by atoms with E-state index in [0.717, 1.165) is 25.7 Å². The summed E-state index contributed by atoms with van der Waals surface area (Å²) < 4.78 is 0. The van der Waals surface area contributed by atoms with Crippen molar-refractivity contribution in [1.29, 1.82) is 0 Å². The SMILES string of the molecule is C#CCC(N)C(=O)N(C)C1CCCCC1O. The molecule has 1 saturated carbocycles. The second-order valence-electron chi connectivity index (χ2n) is 4.38. The third kappa shape index (κ3) is 2.97. The summed E-state index contributed by atoms with van der Waals surface area (Å²) in [5.41, 5.74) is 5.67. The van der Waals surface area contributed by atoms with Gasteiger partial charge in [-0.25, -0.2) is 0 Å². The Morgan fingerprint density at radius 3 is 2.81 bits per heavy atom. The maximum absolute atomic E-state index is 11.9.